The van der Waals surface area contributed by atoms with Crippen molar-refractivity contribution in [2.45, 2.75) is 18.9 Å². The molecule has 1 aliphatic carbocycles. The first kappa shape index (κ1) is 13.0. The Balaban J connectivity index is 1.95. The first-order valence-electron chi connectivity index (χ1n) is 5.68. The van der Waals surface area contributed by atoms with Crippen LogP contribution in [0.5, 0.6) is 0 Å². The number of aromatic nitrogens is 2. The van der Waals surface area contributed by atoms with Crippen molar-refractivity contribution in [2.24, 2.45) is 0 Å². The Bertz CT molecular complexity index is 452. The van der Waals surface area contributed by atoms with Crippen LogP contribution in [0.3, 0.4) is 0 Å². The molecule has 1 N–H and O–H groups in total. The van der Waals surface area contributed by atoms with Crippen LogP contribution in [0, 0.1) is 10.1 Å². The molecule has 0 unspecified atom stereocenters. The van der Waals surface area contributed by atoms with E-state index in [1.54, 1.807) is 0 Å². The summed E-state index contributed by atoms with van der Waals surface area (Å²) in [5, 5.41) is 13.6. The molecule has 18 heavy (non-hydrogen) atoms. The molecule has 0 spiro atoms. The maximum atomic E-state index is 10.8. The molecule has 0 saturated heterocycles. The normalized spacial score (nSPS) is 14.8. The summed E-state index contributed by atoms with van der Waals surface area (Å²) in [4.78, 5) is 20.0. The number of anilines is 1. The number of hydrogen-bond acceptors (Lipinski definition) is 6. The van der Waals surface area contributed by atoms with Crippen molar-refractivity contribution < 1.29 is 4.92 Å². The van der Waals surface area contributed by atoms with Crippen molar-refractivity contribution >= 4 is 23.1 Å². The van der Waals surface area contributed by atoms with Gasteiger partial charge in [0.2, 0.25) is 11.0 Å². The van der Waals surface area contributed by atoms with Crippen molar-refractivity contribution in [2.75, 3.05) is 25.5 Å². The molecule has 0 aliphatic heterocycles. The van der Waals surface area contributed by atoms with Crippen LogP contribution in [-0.4, -0.2) is 46.0 Å². The van der Waals surface area contributed by atoms with Crippen LogP contribution in [0.1, 0.15) is 12.8 Å². The Labute approximate surface area is 109 Å². The number of hydrogen-bond donors (Lipinski definition) is 1. The lowest BCUT2D eigenvalue weighted by Crippen LogP contribution is -2.27. The van der Waals surface area contributed by atoms with E-state index in [1.807, 2.05) is 7.05 Å². The third kappa shape index (κ3) is 3.05. The van der Waals surface area contributed by atoms with E-state index in [9.17, 15) is 10.1 Å². The minimum absolute atomic E-state index is 0.145. The van der Waals surface area contributed by atoms with Crippen LogP contribution in [-0.2, 0) is 0 Å². The first-order chi connectivity index (χ1) is 8.59. The predicted molar refractivity (Wildman–Crippen MR) is 67.8 cm³/mol. The fraction of sp³-hybridized carbons (Fsp3) is 0.600. The molecule has 8 heteroatoms. The number of halogens is 1. The highest BCUT2D eigenvalue weighted by Gasteiger charge is 2.26. The Kier molecular flexibility index (Phi) is 3.93. The summed E-state index contributed by atoms with van der Waals surface area (Å²) in [5.41, 5.74) is -0.270. The van der Waals surface area contributed by atoms with Gasteiger partial charge in [-0.1, -0.05) is 11.6 Å². The maximum absolute atomic E-state index is 10.8. The van der Waals surface area contributed by atoms with E-state index in [2.05, 4.69) is 20.2 Å². The van der Waals surface area contributed by atoms with E-state index >= 15 is 0 Å². The van der Waals surface area contributed by atoms with Crippen molar-refractivity contribution in [1.82, 2.24) is 14.9 Å². The average Bonchev–Trinajstić information content (AvgIpc) is 3.12. The van der Waals surface area contributed by atoms with Gasteiger partial charge in [-0.25, -0.2) is 9.97 Å². The van der Waals surface area contributed by atoms with Gasteiger partial charge < -0.3 is 10.2 Å². The zero-order valence-corrected chi connectivity index (χ0v) is 10.7. The minimum atomic E-state index is -0.574. The highest BCUT2D eigenvalue weighted by molar-refractivity contribution is 6.31. The van der Waals surface area contributed by atoms with Gasteiger partial charge in [0.15, 0.2) is 0 Å². The number of rotatable bonds is 6. The molecule has 1 saturated carbocycles. The second-order valence-electron chi connectivity index (χ2n) is 4.26. The van der Waals surface area contributed by atoms with Crippen LogP contribution in [0.4, 0.5) is 11.5 Å². The molecule has 0 bridgehead atoms. The molecule has 1 aromatic heterocycles. The lowest BCUT2D eigenvalue weighted by atomic mass is 10.4. The highest BCUT2D eigenvalue weighted by atomic mass is 35.5. The fourth-order valence-electron chi connectivity index (χ4n) is 1.70. The number of likely N-dealkylation sites (N-methyl/N-ethyl adjacent to an activating group) is 1. The SMILES string of the molecule is CN(CCNc1ncnc(Cl)c1[N+](=O)[O-])C1CC1. The smallest absolute Gasteiger partial charge is 0.348 e. The lowest BCUT2D eigenvalue weighted by molar-refractivity contribution is -0.384. The predicted octanol–water partition coefficient (Wildman–Crippen LogP) is 1.54. The molecule has 0 amide bonds. The van der Waals surface area contributed by atoms with E-state index in [4.69, 9.17) is 11.6 Å². The Morgan fingerprint density at radius 1 is 1.61 bits per heavy atom. The summed E-state index contributed by atoms with van der Waals surface area (Å²) >= 11 is 5.68. The standard InChI is InChI=1S/C10H14ClN5O2/c1-15(7-2-3-7)5-4-12-10-8(16(17)18)9(11)13-6-14-10/h6-7H,2-5H2,1H3,(H,12,13,14). The van der Waals surface area contributed by atoms with Gasteiger partial charge in [-0.05, 0) is 19.9 Å². The number of nitrogens with one attached hydrogen (secondary N) is 1. The quantitative estimate of drug-likeness (QED) is 0.480. The van der Waals surface area contributed by atoms with Crippen LogP contribution in [0.15, 0.2) is 6.33 Å². The average molecular weight is 272 g/mol. The van der Waals surface area contributed by atoms with Gasteiger partial charge in [-0.3, -0.25) is 10.1 Å². The molecule has 1 fully saturated rings. The zero-order chi connectivity index (χ0) is 13.1. The Hall–Kier alpha value is -1.47. The molecule has 2 rings (SSSR count). The minimum Gasteiger partial charge on any atom is -0.363 e. The van der Waals surface area contributed by atoms with E-state index in [-0.39, 0.29) is 16.7 Å². The van der Waals surface area contributed by atoms with Crippen molar-refractivity contribution in [1.29, 1.82) is 0 Å². The van der Waals surface area contributed by atoms with Gasteiger partial charge in [0.05, 0.1) is 4.92 Å². The lowest BCUT2D eigenvalue weighted by Gasteiger charge is -2.15. The summed E-state index contributed by atoms with van der Waals surface area (Å²) in [6, 6.07) is 0.663. The summed E-state index contributed by atoms with van der Waals surface area (Å²) < 4.78 is 0. The van der Waals surface area contributed by atoms with Gasteiger partial charge >= 0.3 is 5.69 Å². The van der Waals surface area contributed by atoms with E-state index < -0.39 is 4.92 Å². The third-order valence-corrected chi connectivity index (χ3v) is 3.16. The third-order valence-electron chi connectivity index (χ3n) is 2.89. The molecular weight excluding hydrogens is 258 g/mol. The number of nitrogens with zero attached hydrogens (tertiary/aromatic N) is 4. The molecule has 0 atom stereocenters. The first-order valence-corrected chi connectivity index (χ1v) is 6.06. The summed E-state index contributed by atoms with van der Waals surface area (Å²) in [6.07, 6.45) is 3.67. The number of nitro groups is 1. The molecule has 0 radical (unpaired) electrons. The summed E-state index contributed by atoms with van der Waals surface area (Å²) in [6.45, 7) is 1.39. The summed E-state index contributed by atoms with van der Waals surface area (Å²) in [5.74, 6) is 0.171. The second-order valence-corrected chi connectivity index (χ2v) is 4.62. The molecule has 1 aliphatic rings. The van der Waals surface area contributed by atoms with Crippen LogP contribution in [0.2, 0.25) is 5.15 Å². The van der Waals surface area contributed by atoms with Gasteiger partial charge in [0, 0.05) is 19.1 Å². The molecule has 7 nitrogen and oxygen atoms in total. The van der Waals surface area contributed by atoms with Gasteiger partial charge in [-0.15, -0.1) is 0 Å². The monoisotopic (exact) mass is 271 g/mol. The van der Waals surface area contributed by atoms with E-state index in [0.29, 0.717) is 12.6 Å². The van der Waals surface area contributed by atoms with Gasteiger partial charge in [0.25, 0.3) is 0 Å². The molecule has 1 aromatic rings. The molecular formula is C10H14ClN5O2. The van der Waals surface area contributed by atoms with Crippen molar-refractivity contribution in [3.05, 3.63) is 21.6 Å². The molecule has 98 valence electrons. The van der Waals surface area contributed by atoms with E-state index in [0.717, 1.165) is 6.54 Å². The van der Waals surface area contributed by atoms with E-state index in [1.165, 1.54) is 19.2 Å². The largest absolute Gasteiger partial charge is 0.363 e. The summed E-state index contributed by atoms with van der Waals surface area (Å²) in [7, 11) is 2.04. The zero-order valence-electron chi connectivity index (χ0n) is 9.97. The molecule has 0 aromatic carbocycles. The van der Waals surface area contributed by atoms with Gasteiger partial charge in [0.1, 0.15) is 6.33 Å². The van der Waals surface area contributed by atoms with Crippen LogP contribution < -0.4 is 5.32 Å². The molecule has 1 heterocycles. The van der Waals surface area contributed by atoms with Crippen LogP contribution in [0.25, 0.3) is 0 Å². The second kappa shape index (κ2) is 5.45. The van der Waals surface area contributed by atoms with Crippen LogP contribution >= 0.6 is 11.6 Å². The van der Waals surface area contributed by atoms with Gasteiger partial charge in [-0.2, -0.15) is 0 Å². The van der Waals surface area contributed by atoms with Crippen molar-refractivity contribution in [3.63, 3.8) is 0 Å². The Morgan fingerprint density at radius 2 is 2.33 bits per heavy atom. The highest BCUT2D eigenvalue weighted by Crippen LogP contribution is 2.28. The fourth-order valence-corrected chi connectivity index (χ4v) is 1.90. The maximum Gasteiger partial charge on any atom is 0.348 e. The Morgan fingerprint density at radius 3 is 2.94 bits per heavy atom. The topological polar surface area (TPSA) is 84.2 Å². The van der Waals surface area contributed by atoms with Crippen molar-refractivity contribution in [3.8, 4) is 0 Å².